The molecule has 1 unspecified atom stereocenters. The monoisotopic (exact) mass is 241 g/mol. The van der Waals surface area contributed by atoms with Crippen LogP contribution in [0.2, 0.25) is 0 Å². The number of carboxylic acids is 1. The summed E-state index contributed by atoms with van der Waals surface area (Å²) in [6.07, 6.45) is 3.63. The number of rotatable bonds is 7. The highest BCUT2D eigenvalue weighted by Gasteiger charge is 2.07. The average Bonchev–Trinajstić information content (AvgIpc) is 2.72. The van der Waals surface area contributed by atoms with E-state index in [0.717, 1.165) is 11.4 Å². The third-order valence-electron chi connectivity index (χ3n) is 2.49. The van der Waals surface area contributed by atoms with E-state index in [1.807, 2.05) is 6.07 Å². The van der Waals surface area contributed by atoms with Gasteiger partial charge in [-0.05, 0) is 25.5 Å². The molecule has 90 valence electrons. The van der Waals surface area contributed by atoms with Crippen LogP contribution in [0.15, 0.2) is 12.1 Å². The Hall–Kier alpha value is -0.870. The fourth-order valence-electron chi connectivity index (χ4n) is 1.48. The number of hydrogen-bond acceptors (Lipinski definition) is 3. The second kappa shape index (κ2) is 6.66. The second-order valence-electron chi connectivity index (χ2n) is 4.00. The van der Waals surface area contributed by atoms with E-state index >= 15 is 0 Å². The zero-order valence-corrected chi connectivity index (χ0v) is 10.6. The van der Waals surface area contributed by atoms with Crippen molar-refractivity contribution in [3.8, 4) is 0 Å². The number of hydrogen-bond donors (Lipinski definition) is 2. The summed E-state index contributed by atoms with van der Waals surface area (Å²) < 4.78 is 0. The van der Waals surface area contributed by atoms with Gasteiger partial charge in [-0.2, -0.15) is 0 Å². The number of carbonyl (C=O) groups is 1. The van der Waals surface area contributed by atoms with Crippen molar-refractivity contribution >= 4 is 17.3 Å². The fourth-order valence-corrected chi connectivity index (χ4v) is 2.27. The second-order valence-corrected chi connectivity index (χ2v) is 5.16. The number of thiophene rings is 1. The van der Waals surface area contributed by atoms with Crippen molar-refractivity contribution < 1.29 is 9.90 Å². The molecule has 0 bridgehead atoms. The van der Waals surface area contributed by atoms with Gasteiger partial charge in [-0.1, -0.05) is 19.8 Å². The summed E-state index contributed by atoms with van der Waals surface area (Å²) in [5.41, 5.74) is 0. The molecule has 16 heavy (non-hydrogen) atoms. The first-order chi connectivity index (χ1) is 7.63. The summed E-state index contributed by atoms with van der Waals surface area (Å²) in [6.45, 7) is 5.12. The van der Waals surface area contributed by atoms with E-state index in [4.69, 9.17) is 5.11 Å². The topological polar surface area (TPSA) is 49.3 Å². The van der Waals surface area contributed by atoms with Crippen molar-refractivity contribution in [2.75, 3.05) is 0 Å². The van der Waals surface area contributed by atoms with Gasteiger partial charge in [0.05, 0.1) is 0 Å². The Bertz CT molecular complexity index is 336. The van der Waals surface area contributed by atoms with Gasteiger partial charge in [0.25, 0.3) is 0 Å². The molecular weight excluding hydrogens is 222 g/mol. The average molecular weight is 241 g/mol. The molecule has 0 aliphatic heterocycles. The normalized spacial score (nSPS) is 12.6. The molecule has 1 aromatic heterocycles. The smallest absolute Gasteiger partial charge is 0.345 e. The molecule has 0 radical (unpaired) electrons. The highest BCUT2D eigenvalue weighted by molar-refractivity contribution is 7.13. The third kappa shape index (κ3) is 4.33. The molecular formula is C12H19NO2S. The van der Waals surface area contributed by atoms with Crippen molar-refractivity contribution in [3.63, 3.8) is 0 Å². The summed E-state index contributed by atoms with van der Waals surface area (Å²) in [7, 11) is 0. The van der Waals surface area contributed by atoms with Crippen molar-refractivity contribution in [3.05, 3.63) is 21.9 Å². The van der Waals surface area contributed by atoms with Gasteiger partial charge in [-0.15, -0.1) is 11.3 Å². The van der Waals surface area contributed by atoms with Gasteiger partial charge in [-0.3, -0.25) is 0 Å². The maximum Gasteiger partial charge on any atom is 0.345 e. The molecule has 0 aromatic carbocycles. The van der Waals surface area contributed by atoms with E-state index in [2.05, 4.69) is 19.2 Å². The number of unbranched alkanes of at least 4 members (excludes halogenated alkanes) is 1. The van der Waals surface area contributed by atoms with Gasteiger partial charge in [0, 0.05) is 17.5 Å². The maximum absolute atomic E-state index is 10.7. The molecule has 1 heterocycles. The summed E-state index contributed by atoms with van der Waals surface area (Å²) in [4.78, 5) is 12.2. The minimum absolute atomic E-state index is 0.415. The van der Waals surface area contributed by atoms with Gasteiger partial charge in [-0.25, -0.2) is 4.79 Å². The van der Waals surface area contributed by atoms with Crippen LogP contribution in [0.4, 0.5) is 0 Å². The zero-order chi connectivity index (χ0) is 12.0. The lowest BCUT2D eigenvalue weighted by Gasteiger charge is -2.11. The van der Waals surface area contributed by atoms with Crippen LogP contribution in [0.5, 0.6) is 0 Å². The Morgan fingerprint density at radius 3 is 2.88 bits per heavy atom. The Labute approximate surface area is 100 Å². The van der Waals surface area contributed by atoms with Crippen LogP contribution in [0.3, 0.4) is 0 Å². The Morgan fingerprint density at radius 2 is 2.31 bits per heavy atom. The summed E-state index contributed by atoms with van der Waals surface area (Å²) in [6, 6.07) is 4.05. The predicted molar refractivity (Wildman–Crippen MR) is 67.1 cm³/mol. The van der Waals surface area contributed by atoms with Gasteiger partial charge in [0.1, 0.15) is 4.88 Å². The molecule has 0 aliphatic rings. The summed E-state index contributed by atoms with van der Waals surface area (Å²) in [5.74, 6) is -0.838. The first-order valence-corrected chi connectivity index (χ1v) is 6.50. The van der Waals surface area contributed by atoms with Crippen molar-refractivity contribution in [1.29, 1.82) is 0 Å². The van der Waals surface area contributed by atoms with E-state index < -0.39 is 5.97 Å². The molecule has 1 aromatic rings. The molecule has 0 spiro atoms. The molecule has 0 fully saturated rings. The van der Waals surface area contributed by atoms with Crippen LogP contribution in [-0.4, -0.2) is 17.1 Å². The summed E-state index contributed by atoms with van der Waals surface area (Å²) >= 11 is 1.34. The molecule has 3 nitrogen and oxygen atoms in total. The Kier molecular flexibility index (Phi) is 5.49. The predicted octanol–water partition coefficient (Wildman–Crippen LogP) is 3.11. The first kappa shape index (κ1) is 13.2. The minimum atomic E-state index is -0.838. The van der Waals surface area contributed by atoms with E-state index in [-0.39, 0.29) is 0 Å². The van der Waals surface area contributed by atoms with E-state index in [0.29, 0.717) is 10.9 Å². The van der Waals surface area contributed by atoms with E-state index in [9.17, 15) is 4.79 Å². The molecule has 0 amide bonds. The summed E-state index contributed by atoms with van der Waals surface area (Å²) in [5, 5.41) is 12.2. The molecule has 0 aliphatic carbocycles. The van der Waals surface area contributed by atoms with E-state index in [1.54, 1.807) is 6.07 Å². The molecule has 2 N–H and O–H groups in total. The number of aromatic carboxylic acids is 1. The van der Waals surface area contributed by atoms with Crippen LogP contribution in [0, 0.1) is 0 Å². The zero-order valence-electron chi connectivity index (χ0n) is 9.82. The van der Waals surface area contributed by atoms with Crippen molar-refractivity contribution in [1.82, 2.24) is 5.32 Å². The van der Waals surface area contributed by atoms with Crippen LogP contribution < -0.4 is 5.32 Å². The standard InChI is InChI=1S/C12H19NO2S/c1-3-4-5-9(2)13-8-10-6-7-11(16-10)12(14)15/h6-7,9,13H,3-5,8H2,1-2H3,(H,14,15). The molecule has 0 saturated carbocycles. The van der Waals surface area contributed by atoms with Crippen molar-refractivity contribution in [2.45, 2.75) is 45.7 Å². The molecule has 1 atom stereocenters. The van der Waals surface area contributed by atoms with Gasteiger partial charge in [0.2, 0.25) is 0 Å². The lowest BCUT2D eigenvalue weighted by molar-refractivity contribution is 0.0702. The third-order valence-corrected chi connectivity index (χ3v) is 3.56. The highest BCUT2D eigenvalue weighted by atomic mass is 32.1. The first-order valence-electron chi connectivity index (χ1n) is 5.69. The van der Waals surface area contributed by atoms with Crippen LogP contribution >= 0.6 is 11.3 Å². The minimum Gasteiger partial charge on any atom is -0.477 e. The molecule has 0 saturated heterocycles. The van der Waals surface area contributed by atoms with Crippen LogP contribution in [0.25, 0.3) is 0 Å². The van der Waals surface area contributed by atoms with Gasteiger partial charge >= 0.3 is 5.97 Å². The number of nitrogens with one attached hydrogen (secondary N) is 1. The van der Waals surface area contributed by atoms with Gasteiger partial charge < -0.3 is 10.4 Å². The lowest BCUT2D eigenvalue weighted by atomic mass is 10.1. The Balaban J connectivity index is 2.33. The van der Waals surface area contributed by atoms with Gasteiger partial charge in [0.15, 0.2) is 0 Å². The van der Waals surface area contributed by atoms with Crippen LogP contribution in [0.1, 0.15) is 47.7 Å². The van der Waals surface area contributed by atoms with E-state index in [1.165, 1.54) is 30.6 Å². The highest BCUT2D eigenvalue weighted by Crippen LogP contribution is 2.16. The maximum atomic E-state index is 10.7. The number of carboxylic acid groups (broad SMARTS) is 1. The van der Waals surface area contributed by atoms with Crippen molar-refractivity contribution in [2.24, 2.45) is 0 Å². The quantitative estimate of drug-likeness (QED) is 0.771. The molecule has 4 heteroatoms. The van der Waals surface area contributed by atoms with Crippen LogP contribution in [-0.2, 0) is 6.54 Å². The fraction of sp³-hybridized carbons (Fsp3) is 0.583. The molecule has 1 rings (SSSR count). The lowest BCUT2D eigenvalue weighted by Crippen LogP contribution is -2.24. The largest absolute Gasteiger partial charge is 0.477 e. The SMILES string of the molecule is CCCCC(C)NCc1ccc(C(=O)O)s1. The Morgan fingerprint density at radius 1 is 1.56 bits per heavy atom.